The van der Waals surface area contributed by atoms with Crippen LogP contribution in [0, 0.1) is 0 Å². The predicted molar refractivity (Wildman–Crippen MR) is 102 cm³/mol. The van der Waals surface area contributed by atoms with E-state index in [-0.39, 0.29) is 11.8 Å². The second-order valence-corrected chi connectivity index (χ2v) is 6.92. The Morgan fingerprint density at radius 1 is 0.960 bits per heavy atom. The first-order chi connectivity index (χ1) is 12.1. The Hall–Kier alpha value is -2.49. The van der Waals surface area contributed by atoms with Crippen molar-refractivity contribution in [3.05, 3.63) is 94.5 Å². The largest absolute Gasteiger partial charge is 0.508 e. The Labute approximate surface area is 152 Å². The van der Waals surface area contributed by atoms with Gasteiger partial charge in [0, 0.05) is 16.3 Å². The van der Waals surface area contributed by atoms with E-state index >= 15 is 0 Å². The molecule has 25 heavy (non-hydrogen) atoms. The van der Waals surface area contributed by atoms with Crippen LogP contribution in [-0.4, -0.2) is 5.11 Å². The molecule has 0 saturated carbocycles. The summed E-state index contributed by atoms with van der Waals surface area (Å²) in [5.74, 6) is 0.259. The van der Waals surface area contributed by atoms with Gasteiger partial charge in [-0.15, -0.1) is 0 Å². The summed E-state index contributed by atoms with van der Waals surface area (Å²) in [5.41, 5.74) is 3.42. The number of hydrogen-bond acceptors (Lipinski definition) is 3. The molecule has 1 aliphatic rings. The lowest BCUT2D eigenvalue weighted by Gasteiger charge is -2.43. The Balaban J connectivity index is 1.87. The van der Waals surface area contributed by atoms with Crippen LogP contribution in [0.1, 0.15) is 29.7 Å². The number of fused-ring (bicyclic) bond motifs is 1. The highest BCUT2D eigenvalue weighted by Crippen LogP contribution is 2.42. The fraction of sp³-hybridized carbons (Fsp3) is 0.143. The van der Waals surface area contributed by atoms with E-state index in [4.69, 9.17) is 11.6 Å². The molecule has 0 aromatic heterocycles. The molecule has 4 rings (SSSR count). The Kier molecular flexibility index (Phi) is 3.91. The minimum Gasteiger partial charge on any atom is -0.508 e. The Morgan fingerprint density at radius 2 is 1.68 bits per heavy atom. The fourth-order valence-electron chi connectivity index (χ4n) is 3.51. The number of hydrogen-bond donors (Lipinski definition) is 3. The zero-order valence-electron chi connectivity index (χ0n) is 13.8. The summed E-state index contributed by atoms with van der Waals surface area (Å²) < 4.78 is 0. The van der Waals surface area contributed by atoms with Crippen molar-refractivity contribution in [3.63, 3.8) is 0 Å². The summed E-state index contributed by atoms with van der Waals surface area (Å²) in [6.45, 7) is 2.04. The van der Waals surface area contributed by atoms with Crippen molar-refractivity contribution < 1.29 is 5.11 Å². The van der Waals surface area contributed by atoms with Crippen molar-refractivity contribution in [1.82, 2.24) is 5.32 Å². The highest BCUT2D eigenvalue weighted by atomic mass is 35.5. The van der Waals surface area contributed by atoms with Crippen LogP contribution in [0.2, 0.25) is 5.02 Å². The van der Waals surface area contributed by atoms with Gasteiger partial charge >= 0.3 is 0 Å². The van der Waals surface area contributed by atoms with E-state index in [0.29, 0.717) is 5.02 Å². The number of aromatic hydroxyl groups is 1. The molecule has 0 aliphatic carbocycles. The van der Waals surface area contributed by atoms with Crippen LogP contribution in [0.4, 0.5) is 5.69 Å². The number of benzene rings is 3. The molecule has 2 atom stereocenters. The highest BCUT2D eigenvalue weighted by Gasteiger charge is 2.37. The van der Waals surface area contributed by atoms with Crippen LogP contribution < -0.4 is 10.6 Å². The van der Waals surface area contributed by atoms with Crippen molar-refractivity contribution in [1.29, 1.82) is 0 Å². The third-order valence-corrected chi connectivity index (χ3v) is 4.95. The number of phenolic OH excluding ortho intramolecular Hbond substituents is 1. The van der Waals surface area contributed by atoms with E-state index in [1.54, 1.807) is 6.07 Å². The van der Waals surface area contributed by atoms with Gasteiger partial charge in [-0.1, -0.05) is 60.1 Å². The van der Waals surface area contributed by atoms with E-state index in [2.05, 4.69) is 22.8 Å². The lowest BCUT2D eigenvalue weighted by molar-refractivity contribution is 0.349. The molecule has 3 N–H and O–H groups in total. The molecule has 0 spiro atoms. The van der Waals surface area contributed by atoms with Gasteiger partial charge in [0.1, 0.15) is 11.4 Å². The summed E-state index contributed by atoms with van der Waals surface area (Å²) >= 11 is 6.25. The molecular weight excluding hydrogens is 332 g/mol. The smallest absolute Gasteiger partial charge is 0.122 e. The number of halogens is 1. The second-order valence-electron chi connectivity index (χ2n) is 6.49. The van der Waals surface area contributed by atoms with Crippen LogP contribution in [0.3, 0.4) is 0 Å². The molecule has 3 aromatic rings. The molecule has 0 amide bonds. The Bertz CT molecular complexity index is 913. The first kappa shape index (κ1) is 16.0. The van der Waals surface area contributed by atoms with E-state index in [9.17, 15) is 5.11 Å². The molecule has 126 valence electrons. The van der Waals surface area contributed by atoms with Crippen molar-refractivity contribution in [2.24, 2.45) is 0 Å². The van der Waals surface area contributed by atoms with Gasteiger partial charge in [-0.2, -0.15) is 0 Å². The topological polar surface area (TPSA) is 44.3 Å². The summed E-state index contributed by atoms with van der Waals surface area (Å²) in [6.07, 6.45) is 0. The number of rotatable bonds is 2. The molecule has 3 nitrogen and oxygen atoms in total. The summed E-state index contributed by atoms with van der Waals surface area (Å²) in [5, 5.41) is 18.3. The second kappa shape index (κ2) is 6.10. The average molecular weight is 351 g/mol. The maximum atomic E-state index is 10.4. The van der Waals surface area contributed by atoms with Gasteiger partial charge in [-0.25, -0.2) is 0 Å². The fourth-order valence-corrected chi connectivity index (χ4v) is 3.69. The van der Waals surface area contributed by atoms with Crippen molar-refractivity contribution in [3.8, 4) is 5.75 Å². The third kappa shape index (κ3) is 2.86. The lowest BCUT2D eigenvalue weighted by atomic mass is 9.88. The van der Waals surface area contributed by atoms with E-state index in [0.717, 1.165) is 22.4 Å². The van der Waals surface area contributed by atoms with E-state index in [1.807, 2.05) is 61.5 Å². The summed E-state index contributed by atoms with van der Waals surface area (Å²) in [6, 6.07) is 23.5. The van der Waals surface area contributed by atoms with Crippen LogP contribution in [0.15, 0.2) is 72.8 Å². The zero-order chi connectivity index (χ0) is 17.4. The quantitative estimate of drug-likeness (QED) is 0.607. The standard InChI is InChI=1S/C21H19ClN2O/c1-21(17-9-5-6-10-19(17)25)23-18-12-11-15(22)13-16(18)20(24-21)14-7-3-2-4-8-14/h2-13,20,23-25H,1H3. The van der Waals surface area contributed by atoms with Gasteiger partial charge in [0.05, 0.1) is 6.04 Å². The molecule has 1 heterocycles. The molecule has 0 radical (unpaired) electrons. The van der Waals surface area contributed by atoms with Crippen molar-refractivity contribution >= 4 is 17.3 Å². The molecule has 0 bridgehead atoms. The highest BCUT2D eigenvalue weighted by molar-refractivity contribution is 6.30. The normalized spacial score (nSPS) is 22.1. The molecule has 2 unspecified atom stereocenters. The summed E-state index contributed by atoms with van der Waals surface area (Å²) in [4.78, 5) is 0. The van der Waals surface area contributed by atoms with Gasteiger partial charge in [0.15, 0.2) is 0 Å². The molecular formula is C21H19ClN2O. The molecule has 0 saturated heterocycles. The van der Waals surface area contributed by atoms with E-state index in [1.165, 1.54) is 0 Å². The number of para-hydroxylation sites is 1. The van der Waals surface area contributed by atoms with Crippen LogP contribution >= 0.6 is 11.6 Å². The first-order valence-electron chi connectivity index (χ1n) is 8.25. The maximum absolute atomic E-state index is 10.4. The predicted octanol–water partition coefficient (Wildman–Crippen LogP) is 5.02. The monoisotopic (exact) mass is 350 g/mol. The lowest BCUT2D eigenvalue weighted by Crippen LogP contribution is -2.51. The van der Waals surface area contributed by atoms with Gasteiger partial charge in [0.25, 0.3) is 0 Å². The van der Waals surface area contributed by atoms with Crippen molar-refractivity contribution in [2.75, 3.05) is 5.32 Å². The van der Waals surface area contributed by atoms with E-state index < -0.39 is 5.66 Å². The molecule has 0 fully saturated rings. The van der Waals surface area contributed by atoms with Crippen LogP contribution in [0.5, 0.6) is 5.75 Å². The molecule has 3 aromatic carbocycles. The van der Waals surface area contributed by atoms with Gasteiger partial charge < -0.3 is 10.4 Å². The SMILES string of the molecule is CC1(c2ccccc2O)Nc2ccc(Cl)cc2C(c2ccccc2)N1. The van der Waals surface area contributed by atoms with Gasteiger partial charge in [-0.05, 0) is 42.3 Å². The number of phenols is 1. The first-order valence-corrected chi connectivity index (χ1v) is 8.63. The average Bonchev–Trinajstić information content (AvgIpc) is 2.62. The number of nitrogens with one attached hydrogen (secondary N) is 2. The maximum Gasteiger partial charge on any atom is 0.122 e. The van der Waals surface area contributed by atoms with Gasteiger partial charge in [-0.3, -0.25) is 5.32 Å². The van der Waals surface area contributed by atoms with Gasteiger partial charge in [0.2, 0.25) is 0 Å². The Morgan fingerprint density at radius 3 is 2.44 bits per heavy atom. The molecule has 4 heteroatoms. The number of anilines is 1. The van der Waals surface area contributed by atoms with Crippen LogP contribution in [0.25, 0.3) is 0 Å². The minimum atomic E-state index is -0.618. The van der Waals surface area contributed by atoms with Crippen molar-refractivity contribution in [2.45, 2.75) is 18.6 Å². The third-order valence-electron chi connectivity index (χ3n) is 4.72. The van der Waals surface area contributed by atoms with Crippen LogP contribution in [-0.2, 0) is 5.66 Å². The minimum absolute atomic E-state index is 0.0410. The molecule has 1 aliphatic heterocycles. The zero-order valence-corrected chi connectivity index (χ0v) is 14.6. The summed E-state index contributed by atoms with van der Waals surface area (Å²) in [7, 11) is 0.